The maximum absolute atomic E-state index is 13.2. The first-order valence-corrected chi connectivity index (χ1v) is 10.3. The average molecular weight is 402 g/mol. The van der Waals surface area contributed by atoms with E-state index in [4.69, 9.17) is 0 Å². The molecule has 1 N–H and O–H groups in total. The number of carbonyl (C=O) groups excluding carboxylic acids is 2. The van der Waals surface area contributed by atoms with E-state index in [1.165, 1.54) is 23.3 Å². The van der Waals surface area contributed by atoms with E-state index in [1.54, 1.807) is 12.1 Å². The molecule has 0 saturated heterocycles. The number of carbonyl (C=O) groups is 3. The number of Topliss-reactive ketones (excluding diaryl/α,β-unsaturated/α-hetero) is 1. The van der Waals surface area contributed by atoms with Gasteiger partial charge >= 0.3 is 5.97 Å². The molecular formula is C22H27NO4S. The van der Waals surface area contributed by atoms with Crippen LogP contribution >= 0.6 is 11.3 Å². The lowest BCUT2D eigenvalue weighted by Crippen LogP contribution is -2.46. The molecule has 1 aromatic heterocycles. The number of ketones is 1. The molecule has 0 aliphatic rings. The zero-order valence-electron chi connectivity index (χ0n) is 16.5. The normalized spacial score (nSPS) is 13.1. The number of likely N-dealkylation sites (N-methyl/N-ethyl adjacent to an activating group) is 1. The summed E-state index contributed by atoms with van der Waals surface area (Å²) in [6.07, 6.45) is 0.830. The smallest absolute Gasteiger partial charge is 0.326 e. The van der Waals surface area contributed by atoms with Crippen LogP contribution in [0.5, 0.6) is 0 Å². The molecule has 1 aromatic carbocycles. The molecule has 150 valence electrons. The summed E-state index contributed by atoms with van der Waals surface area (Å²) in [4.78, 5) is 39.5. The quantitative estimate of drug-likeness (QED) is 0.607. The van der Waals surface area contributed by atoms with Gasteiger partial charge in [-0.3, -0.25) is 9.59 Å². The molecule has 0 saturated carbocycles. The number of carboxylic acids is 1. The van der Waals surface area contributed by atoms with Gasteiger partial charge in [-0.1, -0.05) is 50.2 Å². The molecule has 2 rings (SSSR count). The molecule has 0 aliphatic carbocycles. The van der Waals surface area contributed by atoms with Crippen LogP contribution in [0.15, 0.2) is 47.8 Å². The van der Waals surface area contributed by atoms with E-state index in [1.807, 2.05) is 49.6 Å². The molecule has 0 aliphatic heterocycles. The number of rotatable bonds is 10. The van der Waals surface area contributed by atoms with Crippen molar-refractivity contribution in [3.63, 3.8) is 0 Å². The second-order valence-corrected chi connectivity index (χ2v) is 8.37. The van der Waals surface area contributed by atoms with E-state index in [0.717, 1.165) is 5.56 Å². The summed E-state index contributed by atoms with van der Waals surface area (Å²) < 4.78 is 0. The first-order chi connectivity index (χ1) is 13.3. The van der Waals surface area contributed by atoms with Gasteiger partial charge in [0.15, 0.2) is 5.78 Å². The predicted octanol–water partition coefficient (Wildman–Crippen LogP) is 4.14. The van der Waals surface area contributed by atoms with Crippen molar-refractivity contribution in [3.8, 4) is 0 Å². The Balaban J connectivity index is 2.24. The molecule has 0 spiro atoms. The van der Waals surface area contributed by atoms with Crippen molar-refractivity contribution in [2.45, 2.75) is 39.2 Å². The number of hydrogen-bond donors (Lipinski definition) is 1. The van der Waals surface area contributed by atoms with Gasteiger partial charge < -0.3 is 10.0 Å². The Morgan fingerprint density at radius 1 is 1.07 bits per heavy atom. The van der Waals surface area contributed by atoms with Crippen molar-refractivity contribution in [1.29, 1.82) is 0 Å². The van der Waals surface area contributed by atoms with Crippen molar-refractivity contribution in [2.24, 2.45) is 11.8 Å². The number of amides is 1. The fourth-order valence-corrected chi connectivity index (χ4v) is 3.90. The minimum atomic E-state index is -1.02. The number of benzene rings is 1. The van der Waals surface area contributed by atoms with Crippen molar-refractivity contribution >= 4 is 29.0 Å². The van der Waals surface area contributed by atoms with E-state index in [0.29, 0.717) is 17.7 Å². The Morgan fingerprint density at radius 3 is 2.29 bits per heavy atom. The van der Waals surface area contributed by atoms with Gasteiger partial charge in [0.2, 0.25) is 5.91 Å². The van der Waals surface area contributed by atoms with Crippen molar-refractivity contribution in [2.75, 3.05) is 7.05 Å². The summed E-state index contributed by atoms with van der Waals surface area (Å²) >= 11 is 1.35. The second kappa shape index (κ2) is 10.2. The summed E-state index contributed by atoms with van der Waals surface area (Å²) in [5.41, 5.74) is 0.948. The Kier molecular flexibility index (Phi) is 7.93. The van der Waals surface area contributed by atoms with Gasteiger partial charge in [0.1, 0.15) is 6.04 Å². The highest BCUT2D eigenvalue weighted by Crippen LogP contribution is 2.22. The highest BCUT2D eigenvalue weighted by atomic mass is 32.1. The van der Waals surface area contributed by atoms with Gasteiger partial charge in [0, 0.05) is 19.4 Å². The van der Waals surface area contributed by atoms with E-state index in [2.05, 4.69) is 0 Å². The zero-order chi connectivity index (χ0) is 20.7. The van der Waals surface area contributed by atoms with Crippen LogP contribution in [0, 0.1) is 11.8 Å². The summed E-state index contributed by atoms with van der Waals surface area (Å²) in [6, 6.07) is 12.2. The minimum absolute atomic E-state index is 0.0621. The van der Waals surface area contributed by atoms with E-state index >= 15 is 0 Å². The Bertz CT molecular complexity index is 786. The Hall–Kier alpha value is -2.47. The molecule has 1 amide bonds. The van der Waals surface area contributed by atoms with Crippen LogP contribution in [0.4, 0.5) is 0 Å². The Morgan fingerprint density at radius 2 is 1.75 bits per heavy atom. The third-order valence-corrected chi connectivity index (χ3v) is 5.61. The first kappa shape index (κ1) is 21.8. The molecule has 2 atom stereocenters. The van der Waals surface area contributed by atoms with Crippen LogP contribution < -0.4 is 0 Å². The van der Waals surface area contributed by atoms with Gasteiger partial charge in [-0.25, -0.2) is 4.79 Å². The molecule has 2 aromatic rings. The minimum Gasteiger partial charge on any atom is -0.480 e. The SMILES string of the molecule is CC(C)C[C@H](C(=O)O)N(C)C(=O)C(CC(=O)c1cccs1)Cc1ccccc1. The molecule has 6 heteroatoms. The lowest BCUT2D eigenvalue weighted by atomic mass is 9.91. The molecular weight excluding hydrogens is 374 g/mol. The van der Waals surface area contributed by atoms with Crippen LogP contribution in [-0.2, 0) is 16.0 Å². The van der Waals surface area contributed by atoms with Gasteiger partial charge in [-0.2, -0.15) is 0 Å². The van der Waals surface area contributed by atoms with Gasteiger partial charge in [0.05, 0.1) is 4.88 Å². The summed E-state index contributed by atoms with van der Waals surface area (Å²) in [5, 5.41) is 11.4. The fourth-order valence-electron chi connectivity index (χ4n) is 3.22. The van der Waals surface area contributed by atoms with Gasteiger partial charge in [0.25, 0.3) is 0 Å². The highest BCUT2D eigenvalue weighted by Gasteiger charge is 2.33. The predicted molar refractivity (Wildman–Crippen MR) is 111 cm³/mol. The van der Waals surface area contributed by atoms with E-state index in [-0.39, 0.29) is 24.0 Å². The summed E-state index contributed by atoms with van der Waals surface area (Å²) in [5.74, 6) is -1.88. The topological polar surface area (TPSA) is 74.7 Å². The van der Waals surface area contributed by atoms with E-state index < -0.39 is 17.9 Å². The largest absolute Gasteiger partial charge is 0.480 e. The number of carboxylic acid groups (broad SMARTS) is 1. The van der Waals surface area contributed by atoms with E-state index in [9.17, 15) is 19.5 Å². The number of nitrogens with zero attached hydrogens (tertiary/aromatic N) is 1. The second-order valence-electron chi connectivity index (χ2n) is 7.42. The summed E-state index contributed by atoms with van der Waals surface area (Å²) in [6.45, 7) is 3.85. The number of hydrogen-bond acceptors (Lipinski definition) is 4. The van der Waals surface area contributed by atoms with Gasteiger partial charge in [-0.15, -0.1) is 11.3 Å². The summed E-state index contributed by atoms with van der Waals surface area (Å²) in [7, 11) is 1.52. The van der Waals surface area contributed by atoms with Crippen LogP contribution in [-0.4, -0.2) is 40.8 Å². The molecule has 28 heavy (non-hydrogen) atoms. The molecule has 0 radical (unpaired) electrons. The molecule has 1 heterocycles. The first-order valence-electron chi connectivity index (χ1n) is 9.39. The maximum Gasteiger partial charge on any atom is 0.326 e. The van der Waals surface area contributed by atoms with Crippen molar-refractivity contribution in [3.05, 3.63) is 58.3 Å². The third kappa shape index (κ3) is 6.02. The van der Waals surface area contributed by atoms with Crippen LogP contribution in [0.1, 0.15) is 41.9 Å². The monoisotopic (exact) mass is 401 g/mol. The standard InChI is InChI=1S/C22H27NO4S/c1-15(2)12-18(22(26)27)23(3)21(25)17(13-16-8-5-4-6-9-16)14-19(24)20-10-7-11-28-20/h4-11,15,17-18H,12-14H2,1-3H3,(H,26,27)/t17?,18-/m1/s1. The third-order valence-electron chi connectivity index (χ3n) is 4.70. The van der Waals surface area contributed by atoms with Gasteiger partial charge in [-0.05, 0) is 35.8 Å². The zero-order valence-corrected chi connectivity index (χ0v) is 17.3. The highest BCUT2D eigenvalue weighted by molar-refractivity contribution is 7.12. The van der Waals surface area contributed by atoms with Crippen LogP contribution in [0.3, 0.4) is 0 Å². The van der Waals surface area contributed by atoms with Crippen molar-refractivity contribution < 1.29 is 19.5 Å². The average Bonchev–Trinajstić information content (AvgIpc) is 3.20. The number of aliphatic carboxylic acids is 1. The number of thiophene rings is 1. The fraction of sp³-hybridized carbons (Fsp3) is 0.409. The molecule has 5 nitrogen and oxygen atoms in total. The lowest BCUT2D eigenvalue weighted by Gasteiger charge is -2.29. The molecule has 1 unspecified atom stereocenters. The Labute approximate surface area is 170 Å². The molecule has 0 fully saturated rings. The molecule has 0 bridgehead atoms. The van der Waals surface area contributed by atoms with Crippen LogP contribution in [0.2, 0.25) is 0 Å². The van der Waals surface area contributed by atoms with Crippen molar-refractivity contribution in [1.82, 2.24) is 4.90 Å². The maximum atomic E-state index is 13.2. The van der Waals surface area contributed by atoms with Crippen LogP contribution in [0.25, 0.3) is 0 Å². The lowest BCUT2D eigenvalue weighted by molar-refractivity contribution is -0.151.